The fourth-order valence-corrected chi connectivity index (χ4v) is 1.68. The SMILES string of the molecule is CN(C)C[Se]C(C)(C)C. The van der Waals surface area contributed by atoms with Gasteiger partial charge in [0.2, 0.25) is 0 Å². The van der Waals surface area contributed by atoms with Gasteiger partial charge in [-0.15, -0.1) is 0 Å². The van der Waals surface area contributed by atoms with Gasteiger partial charge >= 0.3 is 64.5 Å². The summed E-state index contributed by atoms with van der Waals surface area (Å²) in [7, 11) is 4.26. The summed E-state index contributed by atoms with van der Waals surface area (Å²) in [5.41, 5.74) is 1.26. The van der Waals surface area contributed by atoms with E-state index < -0.39 is 0 Å². The average molecular weight is 194 g/mol. The second-order valence-electron chi connectivity index (χ2n) is 3.47. The van der Waals surface area contributed by atoms with Crippen LogP contribution in [0.1, 0.15) is 20.8 Å². The molecule has 0 atom stereocenters. The summed E-state index contributed by atoms with van der Waals surface area (Å²) in [5, 5.41) is 0. The standard InChI is InChI=1S/C7H17NSe/c1-7(2,3)9-6-8(4)5/h6H2,1-5H3. The zero-order valence-electron chi connectivity index (χ0n) is 7.06. The molecule has 0 aliphatic heterocycles. The Balaban J connectivity index is 3.28. The van der Waals surface area contributed by atoms with Gasteiger partial charge in [0, 0.05) is 0 Å². The van der Waals surface area contributed by atoms with E-state index >= 15 is 0 Å². The van der Waals surface area contributed by atoms with E-state index in [1.54, 1.807) is 0 Å². The molecule has 0 amide bonds. The van der Waals surface area contributed by atoms with Gasteiger partial charge in [-0.3, -0.25) is 0 Å². The minimum atomic E-state index is 0.553. The molecule has 0 aromatic heterocycles. The van der Waals surface area contributed by atoms with Gasteiger partial charge < -0.3 is 0 Å². The monoisotopic (exact) mass is 195 g/mol. The van der Waals surface area contributed by atoms with Crippen LogP contribution in [0.25, 0.3) is 0 Å². The minimum absolute atomic E-state index is 0.553. The Morgan fingerprint density at radius 3 is 1.78 bits per heavy atom. The van der Waals surface area contributed by atoms with Crippen LogP contribution in [-0.2, 0) is 0 Å². The van der Waals surface area contributed by atoms with Crippen molar-refractivity contribution in [3.63, 3.8) is 0 Å². The Morgan fingerprint density at radius 1 is 1.22 bits per heavy atom. The first-order valence-corrected chi connectivity index (χ1v) is 5.27. The Kier molecular flexibility index (Phi) is 3.79. The first-order chi connectivity index (χ1) is 3.92. The van der Waals surface area contributed by atoms with Crippen LogP contribution in [0.15, 0.2) is 0 Å². The van der Waals surface area contributed by atoms with Crippen molar-refractivity contribution in [2.24, 2.45) is 0 Å². The molecule has 0 spiro atoms. The van der Waals surface area contributed by atoms with E-state index in [0.29, 0.717) is 4.31 Å². The predicted octanol–water partition coefficient (Wildman–Crippen LogP) is 1.43. The van der Waals surface area contributed by atoms with Gasteiger partial charge in [0.15, 0.2) is 0 Å². The van der Waals surface area contributed by atoms with E-state index in [9.17, 15) is 0 Å². The van der Waals surface area contributed by atoms with Crippen LogP contribution in [0.3, 0.4) is 0 Å². The molecule has 0 aromatic carbocycles. The van der Waals surface area contributed by atoms with Crippen LogP contribution in [0.5, 0.6) is 0 Å². The van der Waals surface area contributed by atoms with Gasteiger partial charge in [-0.05, 0) is 0 Å². The van der Waals surface area contributed by atoms with E-state index in [-0.39, 0.29) is 0 Å². The summed E-state index contributed by atoms with van der Waals surface area (Å²) >= 11 is 0.760. The van der Waals surface area contributed by atoms with Gasteiger partial charge in [0.05, 0.1) is 0 Å². The molecule has 0 aromatic rings. The fraction of sp³-hybridized carbons (Fsp3) is 1.00. The molecule has 0 rings (SSSR count). The Morgan fingerprint density at radius 2 is 1.67 bits per heavy atom. The normalized spacial score (nSPS) is 12.7. The molecule has 0 fully saturated rings. The summed E-state index contributed by atoms with van der Waals surface area (Å²) in [6.45, 7) is 6.91. The van der Waals surface area contributed by atoms with Crippen LogP contribution >= 0.6 is 0 Å². The average Bonchev–Trinajstić information content (AvgIpc) is 1.59. The topological polar surface area (TPSA) is 3.24 Å². The molecule has 1 nitrogen and oxygen atoms in total. The van der Waals surface area contributed by atoms with Gasteiger partial charge in [0.25, 0.3) is 0 Å². The maximum absolute atomic E-state index is 2.30. The second-order valence-corrected chi connectivity index (χ2v) is 7.18. The summed E-state index contributed by atoms with van der Waals surface area (Å²) in [5.74, 6) is 0. The third kappa shape index (κ3) is 8.48. The van der Waals surface area contributed by atoms with Crippen molar-refractivity contribution in [3.8, 4) is 0 Å². The molecular weight excluding hydrogens is 177 g/mol. The van der Waals surface area contributed by atoms with Crippen molar-refractivity contribution < 1.29 is 0 Å². The summed E-state index contributed by atoms with van der Waals surface area (Å²) < 4.78 is 0.553. The van der Waals surface area contributed by atoms with Crippen LogP contribution < -0.4 is 0 Å². The predicted molar refractivity (Wildman–Crippen MR) is 44.0 cm³/mol. The molecule has 0 aliphatic rings. The number of hydrogen-bond donors (Lipinski definition) is 0. The zero-order valence-corrected chi connectivity index (χ0v) is 8.78. The number of nitrogens with zero attached hydrogens (tertiary/aromatic N) is 1. The third-order valence-corrected chi connectivity index (χ3v) is 3.93. The van der Waals surface area contributed by atoms with Crippen molar-refractivity contribution in [1.82, 2.24) is 4.90 Å². The number of rotatable bonds is 2. The zero-order chi connectivity index (χ0) is 7.49. The Labute approximate surface area is 65.0 Å². The molecule has 2 heteroatoms. The van der Waals surface area contributed by atoms with Crippen molar-refractivity contribution in [3.05, 3.63) is 0 Å². The molecule has 9 heavy (non-hydrogen) atoms. The summed E-state index contributed by atoms with van der Waals surface area (Å²) in [6, 6.07) is 0. The van der Waals surface area contributed by atoms with E-state index in [2.05, 4.69) is 39.8 Å². The fourth-order valence-electron chi connectivity index (χ4n) is 0.323. The second kappa shape index (κ2) is 3.60. The molecule has 0 saturated heterocycles. The molecule has 0 bridgehead atoms. The van der Waals surface area contributed by atoms with Crippen molar-refractivity contribution >= 4 is 15.0 Å². The van der Waals surface area contributed by atoms with E-state index in [0.717, 1.165) is 15.0 Å². The molecule has 0 N–H and O–H groups in total. The third-order valence-electron chi connectivity index (χ3n) is 0.756. The van der Waals surface area contributed by atoms with Crippen molar-refractivity contribution in [2.75, 3.05) is 19.5 Å². The van der Waals surface area contributed by atoms with E-state index in [4.69, 9.17) is 0 Å². The molecule has 0 unspecified atom stereocenters. The summed E-state index contributed by atoms with van der Waals surface area (Å²) in [4.78, 5) is 2.26. The maximum atomic E-state index is 2.30. The van der Waals surface area contributed by atoms with Crippen LogP contribution in [0, 0.1) is 0 Å². The Bertz CT molecular complexity index is 73.5. The van der Waals surface area contributed by atoms with Crippen LogP contribution in [-0.4, -0.2) is 39.4 Å². The van der Waals surface area contributed by atoms with E-state index in [1.165, 1.54) is 5.44 Å². The summed E-state index contributed by atoms with van der Waals surface area (Å²) in [6.07, 6.45) is 0. The molecule has 0 heterocycles. The van der Waals surface area contributed by atoms with E-state index in [1.807, 2.05) is 0 Å². The Hall–Kier alpha value is 0.479. The molecular formula is C7H17NSe. The first kappa shape index (κ1) is 9.48. The first-order valence-electron chi connectivity index (χ1n) is 3.20. The van der Waals surface area contributed by atoms with Gasteiger partial charge in [-0.1, -0.05) is 0 Å². The van der Waals surface area contributed by atoms with Gasteiger partial charge in [-0.25, -0.2) is 0 Å². The number of hydrogen-bond acceptors (Lipinski definition) is 1. The molecule has 0 saturated carbocycles. The van der Waals surface area contributed by atoms with Crippen LogP contribution in [0.2, 0.25) is 4.31 Å². The van der Waals surface area contributed by atoms with Crippen molar-refractivity contribution in [2.45, 2.75) is 25.1 Å². The van der Waals surface area contributed by atoms with Crippen LogP contribution in [0.4, 0.5) is 0 Å². The molecule has 56 valence electrons. The quantitative estimate of drug-likeness (QED) is 0.601. The van der Waals surface area contributed by atoms with Gasteiger partial charge in [-0.2, -0.15) is 0 Å². The van der Waals surface area contributed by atoms with Crippen molar-refractivity contribution in [1.29, 1.82) is 0 Å². The van der Waals surface area contributed by atoms with Gasteiger partial charge in [0.1, 0.15) is 0 Å². The molecule has 0 radical (unpaired) electrons. The molecule has 0 aliphatic carbocycles.